The van der Waals surface area contributed by atoms with Crippen LogP contribution in [-0.2, 0) is 4.79 Å². The number of hydrogen-bond donors (Lipinski definition) is 2. The SMILES string of the molecule is NCCC(N)CC(=O)[O-].[Na+].[Na+]. The van der Waals surface area contributed by atoms with Crippen molar-refractivity contribution in [1.82, 2.24) is 0 Å². The molecule has 0 radical (unpaired) electrons. The van der Waals surface area contributed by atoms with E-state index in [9.17, 15) is 9.90 Å². The van der Waals surface area contributed by atoms with Gasteiger partial charge in [-0.15, -0.1) is 0 Å². The van der Waals surface area contributed by atoms with Crippen molar-refractivity contribution < 1.29 is 69.0 Å². The van der Waals surface area contributed by atoms with E-state index in [1.807, 2.05) is 0 Å². The summed E-state index contributed by atoms with van der Waals surface area (Å²) in [7, 11) is 0. The molecule has 0 saturated carbocycles. The van der Waals surface area contributed by atoms with Crippen LogP contribution in [0.4, 0.5) is 0 Å². The van der Waals surface area contributed by atoms with E-state index in [0.717, 1.165) is 0 Å². The van der Waals surface area contributed by atoms with Crippen molar-refractivity contribution in [2.75, 3.05) is 6.54 Å². The standard InChI is InChI=1S/C5H12N2O2.2Na/c6-2-1-4(7)3-5(8)9;;/h4H,1-3,6-7H2,(H,8,9);;/q;2*+1/p-1. The molecule has 1 atom stereocenters. The van der Waals surface area contributed by atoms with Crippen LogP contribution in [0.25, 0.3) is 0 Å². The average Bonchev–Trinajstić information content (AvgIpc) is 1.63. The second kappa shape index (κ2) is 11.4. The molecular formula is C5H11N2Na2O2+. The number of nitrogens with two attached hydrogens (primary N) is 2. The van der Waals surface area contributed by atoms with Crippen LogP contribution in [0.3, 0.4) is 0 Å². The Morgan fingerprint density at radius 2 is 1.91 bits per heavy atom. The average molecular weight is 177 g/mol. The van der Waals surface area contributed by atoms with Gasteiger partial charge in [0.2, 0.25) is 0 Å². The van der Waals surface area contributed by atoms with E-state index in [0.29, 0.717) is 13.0 Å². The summed E-state index contributed by atoms with van der Waals surface area (Å²) in [5, 5.41) is 9.85. The number of rotatable bonds is 4. The Balaban J connectivity index is -0.000000320. The molecular weight excluding hydrogens is 166 g/mol. The van der Waals surface area contributed by atoms with Gasteiger partial charge in [0.1, 0.15) is 0 Å². The van der Waals surface area contributed by atoms with E-state index in [1.165, 1.54) is 0 Å². The number of carbonyl (C=O) groups excluding carboxylic acids is 1. The van der Waals surface area contributed by atoms with Crippen LogP contribution in [-0.4, -0.2) is 18.6 Å². The third-order valence-electron chi connectivity index (χ3n) is 0.966. The second-order valence-electron chi connectivity index (χ2n) is 1.91. The predicted molar refractivity (Wildman–Crippen MR) is 31.3 cm³/mol. The summed E-state index contributed by atoms with van der Waals surface area (Å²) in [5.74, 6) is -1.11. The molecule has 0 aliphatic carbocycles. The molecule has 4 N–H and O–H groups in total. The van der Waals surface area contributed by atoms with Crippen molar-refractivity contribution in [3.05, 3.63) is 0 Å². The number of carboxylic acid groups (broad SMARTS) is 1. The van der Waals surface area contributed by atoms with E-state index < -0.39 is 5.97 Å². The Labute approximate surface area is 111 Å². The maximum absolute atomic E-state index is 9.85. The molecule has 0 spiro atoms. The van der Waals surface area contributed by atoms with Crippen molar-refractivity contribution in [2.45, 2.75) is 18.9 Å². The molecule has 0 aliphatic rings. The van der Waals surface area contributed by atoms with Gasteiger partial charge in [0.05, 0.1) is 0 Å². The van der Waals surface area contributed by atoms with Crippen molar-refractivity contribution in [1.29, 1.82) is 0 Å². The molecule has 1 unspecified atom stereocenters. The summed E-state index contributed by atoms with van der Waals surface area (Å²) >= 11 is 0. The van der Waals surface area contributed by atoms with E-state index in [2.05, 4.69) is 0 Å². The van der Waals surface area contributed by atoms with Crippen LogP contribution in [0, 0.1) is 0 Å². The third-order valence-corrected chi connectivity index (χ3v) is 0.966. The third kappa shape index (κ3) is 14.3. The molecule has 54 valence electrons. The molecule has 0 bridgehead atoms. The van der Waals surface area contributed by atoms with E-state index in [1.54, 1.807) is 0 Å². The summed E-state index contributed by atoms with van der Waals surface area (Å²) in [4.78, 5) is 9.85. The van der Waals surface area contributed by atoms with Crippen molar-refractivity contribution in [3.8, 4) is 0 Å². The summed E-state index contributed by atoms with van der Waals surface area (Å²) in [5.41, 5.74) is 10.4. The van der Waals surface area contributed by atoms with Gasteiger partial charge in [-0.25, -0.2) is 0 Å². The Morgan fingerprint density at radius 1 is 1.45 bits per heavy atom. The Bertz CT molecular complexity index is 102. The zero-order valence-electron chi connectivity index (χ0n) is 7.17. The van der Waals surface area contributed by atoms with Gasteiger partial charge in [-0.05, 0) is 13.0 Å². The Kier molecular flexibility index (Phi) is 18.9. The van der Waals surface area contributed by atoms with Crippen molar-refractivity contribution in [2.24, 2.45) is 11.5 Å². The fourth-order valence-corrected chi connectivity index (χ4v) is 0.530. The van der Waals surface area contributed by atoms with Gasteiger partial charge in [-0.3, -0.25) is 0 Å². The monoisotopic (exact) mass is 177 g/mol. The molecule has 0 aromatic carbocycles. The van der Waals surface area contributed by atoms with Crippen LogP contribution >= 0.6 is 0 Å². The first kappa shape index (κ1) is 18.2. The molecule has 0 aliphatic heterocycles. The molecule has 4 nitrogen and oxygen atoms in total. The molecule has 0 rings (SSSR count). The van der Waals surface area contributed by atoms with Crippen LogP contribution in [0.2, 0.25) is 0 Å². The zero-order chi connectivity index (χ0) is 7.28. The molecule has 0 aromatic rings. The fraction of sp³-hybridized carbons (Fsp3) is 0.800. The number of carbonyl (C=O) groups is 1. The van der Waals surface area contributed by atoms with E-state index >= 15 is 0 Å². The molecule has 0 heterocycles. The molecule has 0 fully saturated rings. The molecule has 0 amide bonds. The van der Waals surface area contributed by atoms with Gasteiger partial charge in [-0.1, -0.05) is 0 Å². The van der Waals surface area contributed by atoms with E-state index in [4.69, 9.17) is 11.5 Å². The van der Waals surface area contributed by atoms with Gasteiger partial charge < -0.3 is 21.4 Å². The van der Waals surface area contributed by atoms with Crippen LogP contribution < -0.4 is 75.7 Å². The zero-order valence-corrected chi connectivity index (χ0v) is 11.2. The van der Waals surface area contributed by atoms with Crippen molar-refractivity contribution >= 4 is 5.97 Å². The minimum atomic E-state index is -1.11. The maximum Gasteiger partial charge on any atom is 1.00 e. The first-order chi connectivity index (χ1) is 4.16. The Hall–Kier alpha value is 1.39. The number of aliphatic carboxylic acids is 1. The fourth-order valence-electron chi connectivity index (χ4n) is 0.530. The maximum atomic E-state index is 9.85. The van der Waals surface area contributed by atoms with Crippen LogP contribution in [0.5, 0.6) is 0 Å². The normalized spacial score (nSPS) is 10.7. The first-order valence-corrected chi connectivity index (χ1v) is 2.82. The van der Waals surface area contributed by atoms with Crippen LogP contribution in [0.15, 0.2) is 0 Å². The second-order valence-corrected chi connectivity index (χ2v) is 1.91. The van der Waals surface area contributed by atoms with Gasteiger partial charge in [0, 0.05) is 18.4 Å². The smallest absolute Gasteiger partial charge is 0.550 e. The van der Waals surface area contributed by atoms with Gasteiger partial charge >= 0.3 is 59.1 Å². The molecule has 0 saturated heterocycles. The summed E-state index contributed by atoms with van der Waals surface area (Å²) in [6.07, 6.45) is 0.436. The van der Waals surface area contributed by atoms with Gasteiger partial charge in [0.15, 0.2) is 0 Å². The van der Waals surface area contributed by atoms with Gasteiger partial charge in [0.25, 0.3) is 0 Å². The minimum absolute atomic E-state index is 0. The summed E-state index contributed by atoms with van der Waals surface area (Å²) in [6, 6.07) is -0.347. The number of hydrogen-bond acceptors (Lipinski definition) is 4. The van der Waals surface area contributed by atoms with Crippen LogP contribution in [0.1, 0.15) is 12.8 Å². The first-order valence-electron chi connectivity index (χ1n) is 2.82. The molecule has 11 heavy (non-hydrogen) atoms. The molecule has 6 heteroatoms. The van der Waals surface area contributed by atoms with E-state index in [-0.39, 0.29) is 71.6 Å². The number of carboxylic acids is 1. The predicted octanol–water partition coefficient (Wildman–Crippen LogP) is -8.19. The summed E-state index contributed by atoms with van der Waals surface area (Å²) in [6.45, 7) is 0.425. The molecule has 0 aromatic heterocycles. The largest absolute Gasteiger partial charge is 1.00 e. The Morgan fingerprint density at radius 3 is 2.18 bits per heavy atom. The minimum Gasteiger partial charge on any atom is -0.550 e. The summed E-state index contributed by atoms with van der Waals surface area (Å²) < 4.78 is 0. The quantitative estimate of drug-likeness (QED) is 0.417. The van der Waals surface area contributed by atoms with Crippen molar-refractivity contribution in [3.63, 3.8) is 0 Å². The van der Waals surface area contributed by atoms with Gasteiger partial charge in [-0.2, -0.15) is 0 Å². The topological polar surface area (TPSA) is 92.2 Å².